The minimum atomic E-state index is -4.37. The van der Waals surface area contributed by atoms with Crippen molar-refractivity contribution in [2.24, 2.45) is 5.92 Å². The summed E-state index contributed by atoms with van der Waals surface area (Å²) in [5.74, 6) is -0.926. The van der Waals surface area contributed by atoms with Gasteiger partial charge in [-0.15, -0.1) is 0 Å². The van der Waals surface area contributed by atoms with Crippen LogP contribution in [0.2, 0.25) is 0 Å². The van der Waals surface area contributed by atoms with E-state index in [1.807, 2.05) is 13.8 Å². The molecule has 3 atom stereocenters. The van der Waals surface area contributed by atoms with E-state index >= 15 is 0 Å². The van der Waals surface area contributed by atoms with Gasteiger partial charge in [0, 0.05) is 17.8 Å². The molecule has 8 heteroatoms. The average Bonchev–Trinajstić information content (AvgIpc) is 2.75. The van der Waals surface area contributed by atoms with Gasteiger partial charge in [0.1, 0.15) is 6.54 Å². The normalized spacial score (nSPS) is 15.9. The average molecular weight is 349 g/mol. The van der Waals surface area contributed by atoms with Crippen LogP contribution >= 0.6 is 0 Å². The van der Waals surface area contributed by atoms with E-state index in [1.54, 1.807) is 13.8 Å². The highest BCUT2D eigenvalue weighted by molar-refractivity contribution is 5.83. The number of halogens is 3. The van der Waals surface area contributed by atoms with Gasteiger partial charge in [-0.3, -0.25) is 9.48 Å². The number of nitrogens with zero attached hydrogens (tertiary/aromatic N) is 2. The molecule has 1 rings (SSSR count). The number of carbonyl (C=O) groups is 1. The second kappa shape index (κ2) is 8.00. The van der Waals surface area contributed by atoms with Gasteiger partial charge in [-0.25, -0.2) is 0 Å². The third kappa shape index (κ3) is 5.22. The monoisotopic (exact) mass is 349 g/mol. The van der Waals surface area contributed by atoms with Crippen molar-refractivity contribution in [1.29, 1.82) is 0 Å². The lowest BCUT2D eigenvalue weighted by atomic mass is 9.97. The zero-order valence-electron chi connectivity index (χ0n) is 14.7. The number of rotatable bonds is 7. The summed E-state index contributed by atoms with van der Waals surface area (Å²) in [5, 5.41) is 16.5. The molecule has 3 unspecified atom stereocenters. The van der Waals surface area contributed by atoms with E-state index in [4.69, 9.17) is 0 Å². The molecule has 5 nitrogen and oxygen atoms in total. The zero-order valence-corrected chi connectivity index (χ0v) is 14.7. The molecule has 0 aromatic carbocycles. The Kier molecular flexibility index (Phi) is 6.83. The Labute approximate surface area is 140 Å². The van der Waals surface area contributed by atoms with Gasteiger partial charge in [-0.1, -0.05) is 20.3 Å². The summed E-state index contributed by atoms with van der Waals surface area (Å²) in [6.45, 7) is 7.51. The maximum Gasteiger partial charge on any atom is 0.408 e. The van der Waals surface area contributed by atoms with Gasteiger partial charge in [0.2, 0.25) is 5.91 Å². The lowest BCUT2D eigenvalue weighted by Gasteiger charge is -2.19. The van der Waals surface area contributed by atoms with Gasteiger partial charge in [0.15, 0.2) is 0 Å². The van der Waals surface area contributed by atoms with E-state index in [1.165, 1.54) is 6.92 Å². The fraction of sp³-hybridized carbons (Fsp3) is 0.750. The van der Waals surface area contributed by atoms with Crippen LogP contribution in [-0.4, -0.2) is 39.6 Å². The Balaban J connectivity index is 2.84. The smallest absolute Gasteiger partial charge is 0.391 e. The Bertz CT molecular complexity index is 570. The summed E-state index contributed by atoms with van der Waals surface area (Å²) < 4.78 is 38.6. The molecule has 0 aliphatic heterocycles. The van der Waals surface area contributed by atoms with Crippen LogP contribution in [0.3, 0.4) is 0 Å². The van der Waals surface area contributed by atoms with Gasteiger partial charge >= 0.3 is 6.18 Å². The first-order chi connectivity index (χ1) is 11.0. The molecule has 0 bridgehead atoms. The van der Waals surface area contributed by atoms with Crippen molar-refractivity contribution in [3.63, 3.8) is 0 Å². The summed E-state index contributed by atoms with van der Waals surface area (Å²) in [7, 11) is 0. The molecule has 0 radical (unpaired) electrons. The summed E-state index contributed by atoms with van der Waals surface area (Å²) in [4.78, 5) is 12.3. The second-order valence-electron chi connectivity index (χ2n) is 6.28. The van der Waals surface area contributed by atoms with Crippen molar-refractivity contribution in [2.45, 2.75) is 65.8 Å². The van der Waals surface area contributed by atoms with Gasteiger partial charge in [-0.05, 0) is 26.7 Å². The topological polar surface area (TPSA) is 67.2 Å². The van der Waals surface area contributed by atoms with Crippen molar-refractivity contribution in [3.8, 4) is 0 Å². The number of carbonyl (C=O) groups excluding carboxylic acids is 1. The molecule has 2 N–H and O–H groups in total. The van der Waals surface area contributed by atoms with Crippen molar-refractivity contribution in [3.05, 3.63) is 17.0 Å². The molecule has 1 heterocycles. The number of nitrogens with one attached hydrogen (secondary N) is 1. The number of hydrogen-bond acceptors (Lipinski definition) is 3. The number of aliphatic hydroxyl groups excluding tert-OH is 1. The van der Waals surface area contributed by atoms with E-state index in [0.29, 0.717) is 17.0 Å². The number of aromatic nitrogens is 2. The van der Waals surface area contributed by atoms with Crippen molar-refractivity contribution in [2.75, 3.05) is 6.54 Å². The minimum Gasteiger partial charge on any atom is -0.391 e. The number of hydrogen-bond donors (Lipinski definition) is 2. The van der Waals surface area contributed by atoms with E-state index < -0.39 is 24.7 Å². The molecule has 0 spiro atoms. The Morgan fingerprint density at radius 1 is 1.33 bits per heavy atom. The molecule has 0 saturated carbocycles. The molecule has 1 aromatic rings. The van der Waals surface area contributed by atoms with Crippen LogP contribution in [0.15, 0.2) is 0 Å². The highest BCUT2D eigenvalue weighted by Crippen LogP contribution is 2.26. The Hall–Kier alpha value is -1.57. The molecule has 1 amide bonds. The number of aliphatic hydroxyl groups is 1. The molecule has 0 aliphatic carbocycles. The molecular formula is C16H26F3N3O2. The quantitative estimate of drug-likeness (QED) is 0.795. The van der Waals surface area contributed by atoms with E-state index in [-0.39, 0.29) is 18.4 Å². The third-order valence-corrected chi connectivity index (χ3v) is 4.38. The fourth-order valence-electron chi connectivity index (χ4n) is 2.62. The van der Waals surface area contributed by atoms with Crippen LogP contribution < -0.4 is 5.32 Å². The summed E-state index contributed by atoms with van der Waals surface area (Å²) in [5.41, 5.74) is 1.23. The molecular weight excluding hydrogens is 323 g/mol. The molecule has 0 aliphatic rings. The highest BCUT2D eigenvalue weighted by Gasteiger charge is 2.31. The minimum absolute atomic E-state index is 0.0543. The van der Waals surface area contributed by atoms with Crippen LogP contribution in [0.4, 0.5) is 13.2 Å². The number of aryl methyl sites for hydroxylation is 1. The number of amides is 1. The molecule has 0 fully saturated rings. The van der Waals surface area contributed by atoms with Crippen LogP contribution in [0.1, 0.15) is 50.1 Å². The van der Waals surface area contributed by atoms with Crippen LogP contribution in [0.5, 0.6) is 0 Å². The van der Waals surface area contributed by atoms with Crippen LogP contribution in [0, 0.1) is 19.8 Å². The standard InChI is InChI=1S/C16H26F3N3O2/c1-6-9(2)13(23)7-20-15(24)10(3)14-11(4)21-22(12(14)5)8-16(17,18)19/h9-10,13,23H,6-8H2,1-5H3,(H,20,24). The van der Waals surface area contributed by atoms with E-state index in [0.717, 1.165) is 11.1 Å². The van der Waals surface area contributed by atoms with Crippen LogP contribution in [-0.2, 0) is 11.3 Å². The van der Waals surface area contributed by atoms with Crippen molar-refractivity contribution >= 4 is 5.91 Å². The van der Waals surface area contributed by atoms with E-state index in [2.05, 4.69) is 10.4 Å². The Morgan fingerprint density at radius 3 is 2.42 bits per heavy atom. The predicted molar refractivity (Wildman–Crippen MR) is 84.6 cm³/mol. The van der Waals surface area contributed by atoms with Gasteiger partial charge in [-0.2, -0.15) is 18.3 Å². The first kappa shape index (κ1) is 20.5. The summed E-state index contributed by atoms with van der Waals surface area (Å²) in [6.07, 6.45) is -4.23. The van der Waals surface area contributed by atoms with E-state index in [9.17, 15) is 23.1 Å². The van der Waals surface area contributed by atoms with Crippen LogP contribution in [0.25, 0.3) is 0 Å². The van der Waals surface area contributed by atoms with Crippen molar-refractivity contribution < 1.29 is 23.1 Å². The second-order valence-corrected chi connectivity index (χ2v) is 6.28. The predicted octanol–water partition coefficient (Wildman–Crippen LogP) is 2.69. The molecule has 0 saturated heterocycles. The summed E-state index contributed by atoms with van der Waals surface area (Å²) in [6, 6.07) is 0. The lowest BCUT2D eigenvalue weighted by molar-refractivity contribution is -0.143. The maximum absolute atomic E-state index is 12.6. The maximum atomic E-state index is 12.6. The fourth-order valence-corrected chi connectivity index (χ4v) is 2.62. The van der Waals surface area contributed by atoms with Gasteiger partial charge in [0.05, 0.1) is 17.7 Å². The molecule has 24 heavy (non-hydrogen) atoms. The SMILES string of the molecule is CCC(C)C(O)CNC(=O)C(C)c1c(C)nn(CC(F)(F)F)c1C. The first-order valence-electron chi connectivity index (χ1n) is 8.04. The lowest BCUT2D eigenvalue weighted by Crippen LogP contribution is -2.37. The zero-order chi connectivity index (χ0) is 18.7. The number of alkyl halides is 3. The van der Waals surface area contributed by atoms with Gasteiger partial charge in [0.25, 0.3) is 0 Å². The molecule has 1 aromatic heterocycles. The Morgan fingerprint density at radius 2 is 1.92 bits per heavy atom. The van der Waals surface area contributed by atoms with Gasteiger partial charge < -0.3 is 10.4 Å². The van der Waals surface area contributed by atoms with Crippen molar-refractivity contribution in [1.82, 2.24) is 15.1 Å². The largest absolute Gasteiger partial charge is 0.408 e. The third-order valence-electron chi connectivity index (χ3n) is 4.38. The first-order valence-corrected chi connectivity index (χ1v) is 8.04. The summed E-state index contributed by atoms with van der Waals surface area (Å²) >= 11 is 0. The highest BCUT2D eigenvalue weighted by atomic mass is 19.4. The molecule has 138 valence electrons.